The Bertz CT molecular complexity index is 850. The van der Waals surface area contributed by atoms with E-state index in [2.05, 4.69) is 15.3 Å². The smallest absolute Gasteiger partial charge is 0.151 e. The Hall–Kier alpha value is -2.15. The lowest BCUT2D eigenvalue weighted by atomic mass is 10.0. The number of hydrogen-bond donors (Lipinski definition) is 1. The highest BCUT2D eigenvalue weighted by molar-refractivity contribution is 7.91. The van der Waals surface area contributed by atoms with Gasteiger partial charge in [0.15, 0.2) is 9.84 Å². The van der Waals surface area contributed by atoms with Crippen LogP contribution in [0.1, 0.15) is 29.6 Å². The van der Waals surface area contributed by atoms with Crippen LogP contribution in [0.5, 0.6) is 5.75 Å². The van der Waals surface area contributed by atoms with Crippen LogP contribution in [0.25, 0.3) is 0 Å². The van der Waals surface area contributed by atoms with E-state index in [0.29, 0.717) is 31.2 Å². The monoisotopic (exact) mass is 347 g/mol. The normalized spacial score (nSPS) is 13.4. The SMILES string of the molecule is CCS(=O)(=O)CCNc1nc(C)nc2c1Cc1ccccc1OC2. The van der Waals surface area contributed by atoms with E-state index < -0.39 is 9.84 Å². The Morgan fingerprint density at radius 1 is 1.25 bits per heavy atom. The molecule has 24 heavy (non-hydrogen) atoms. The van der Waals surface area contributed by atoms with Gasteiger partial charge in [-0.2, -0.15) is 0 Å². The zero-order valence-electron chi connectivity index (χ0n) is 13.9. The number of nitrogens with one attached hydrogen (secondary N) is 1. The van der Waals surface area contributed by atoms with Gasteiger partial charge in [0, 0.05) is 24.3 Å². The quantitative estimate of drug-likeness (QED) is 0.892. The Morgan fingerprint density at radius 2 is 2.04 bits per heavy atom. The first kappa shape index (κ1) is 16.7. The van der Waals surface area contributed by atoms with Crippen LogP contribution in [0.2, 0.25) is 0 Å². The summed E-state index contributed by atoms with van der Waals surface area (Å²) in [5, 5.41) is 3.18. The summed E-state index contributed by atoms with van der Waals surface area (Å²) in [6.45, 7) is 4.20. The van der Waals surface area contributed by atoms with Crippen LogP contribution in [0.15, 0.2) is 24.3 Å². The third kappa shape index (κ3) is 3.67. The lowest BCUT2D eigenvalue weighted by molar-refractivity contribution is 0.302. The molecule has 6 nitrogen and oxygen atoms in total. The van der Waals surface area contributed by atoms with E-state index in [9.17, 15) is 8.42 Å². The number of sulfone groups is 1. The van der Waals surface area contributed by atoms with Gasteiger partial charge in [-0.1, -0.05) is 25.1 Å². The summed E-state index contributed by atoms with van der Waals surface area (Å²) < 4.78 is 29.2. The van der Waals surface area contributed by atoms with Gasteiger partial charge in [-0.25, -0.2) is 18.4 Å². The molecule has 0 atom stereocenters. The lowest BCUT2D eigenvalue weighted by Gasteiger charge is -2.13. The second-order valence-corrected chi connectivity index (χ2v) is 8.25. The number of fused-ring (bicyclic) bond motifs is 2. The number of aryl methyl sites for hydroxylation is 1. The minimum atomic E-state index is -3.01. The number of aromatic nitrogens is 2. The fraction of sp³-hybridized carbons (Fsp3) is 0.412. The maximum atomic E-state index is 11.7. The molecular formula is C17H21N3O3S. The second kappa shape index (κ2) is 6.76. The highest BCUT2D eigenvalue weighted by Gasteiger charge is 2.20. The van der Waals surface area contributed by atoms with E-state index in [1.807, 2.05) is 31.2 Å². The third-order valence-corrected chi connectivity index (χ3v) is 5.76. The lowest BCUT2D eigenvalue weighted by Crippen LogP contribution is -2.19. The zero-order chi connectivity index (χ0) is 17.2. The highest BCUT2D eigenvalue weighted by Crippen LogP contribution is 2.30. The summed E-state index contributed by atoms with van der Waals surface area (Å²) in [6, 6.07) is 7.89. The van der Waals surface area contributed by atoms with Crippen molar-refractivity contribution in [3.8, 4) is 5.75 Å². The van der Waals surface area contributed by atoms with E-state index in [1.54, 1.807) is 6.92 Å². The molecule has 2 heterocycles. The molecule has 0 fully saturated rings. The minimum absolute atomic E-state index is 0.0917. The Morgan fingerprint density at radius 3 is 2.83 bits per heavy atom. The van der Waals surface area contributed by atoms with Crippen molar-refractivity contribution in [1.82, 2.24) is 9.97 Å². The van der Waals surface area contributed by atoms with Gasteiger partial charge in [0.1, 0.15) is 24.0 Å². The molecule has 3 rings (SSSR count). The third-order valence-electron chi connectivity index (χ3n) is 4.05. The molecule has 1 aliphatic rings. The van der Waals surface area contributed by atoms with Crippen molar-refractivity contribution >= 4 is 15.7 Å². The fourth-order valence-electron chi connectivity index (χ4n) is 2.70. The van der Waals surface area contributed by atoms with Gasteiger partial charge >= 0.3 is 0 Å². The predicted molar refractivity (Wildman–Crippen MR) is 93.2 cm³/mol. The van der Waals surface area contributed by atoms with Gasteiger partial charge in [-0.05, 0) is 18.6 Å². The maximum Gasteiger partial charge on any atom is 0.151 e. The second-order valence-electron chi connectivity index (χ2n) is 5.78. The van der Waals surface area contributed by atoms with E-state index >= 15 is 0 Å². The van der Waals surface area contributed by atoms with E-state index in [0.717, 1.165) is 22.6 Å². The fourth-order valence-corrected chi connectivity index (χ4v) is 3.40. The molecule has 0 amide bonds. The molecule has 7 heteroatoms. The van der Waals surface area contributed by atoms with E-state index in [1.165, 1.54) is 0 Å². The summed E-state index contributed by atoms with van der Waals surface area (Å²) in [4.78, 5) is 8.97. The van der Waals surface area contributed by atoms with Crippen LogP contribution in [0.4, 0.5) is 5.82 Å². The summed E-state index contributed by atoms with van der Waals surface area (Å²) in [5.41, 5.74) is 2.90. The molecule has 128 valence electrons. The van der Waals surface area contributed by atoms with Gasteiger partial charge in [-0.3, -0.25) is 0 Å². The Kier molecular flexibility index (Phi) is 4.71. The van der Waals surface area contributed by atoms with Gasteiger partial charge in [0.2, 0.25) is 0 Å². The van der Waals surface area contributed by atoms with Crippen molar-refractivity contribution in [2.24, 2.45) is 0 Å². The van der Waals surface area contributed by atoms with Crippen molar-refractivity contribution in [3.05, 3.63) is 46.9 Å². The largest absolute Gasteiger partial charge is 0.487 e. The van der Waals surface area contributed by atoms with Crippen LogP contribution in [-0.4, -0.2) is 36.4 Å². The van der Waals surface area contributed by atoms with Gasteiger partial charge in [0.05, 0.1) is 11.4 Å². The molecule has 1 aliphatic heterocycles. The summed E-state index contributed by atoms with van der Waals surface area (Å²) in [5.74, 6) is 2.44. The molecule has 0 aliphatic carbocycles. The van der Waals surface area contributed by atoms with Crippen LogP contribution in [-0.2, 0) is 22.9 Å². The summed E-state index contributed by atoms with van der Waals surface area (Å²) in [6.07, 6.45) is 0.661. The van der Waals surface area contributed by atoms with E-state index in [-0.39, 0.29) is 11.5 Å². The maximum absolute atomic E-state index is 11.7. The molecule has 0 radical (unpaired) electrons. The van der Waals surface area contributed by atoms with Gasteiger partial charge in [-0.15, -0.1) is 0 Å². The molecule has 0 bridgehead atoms. The number of anilines is 1. The number of nitrogens with zero attached hydrogens (tertiary/aromatic N) is 2. The van der Waals surface area contributed by atoms with Crippen molar-refractivity contribution in [1.29, 1.82) is 0 Å². The molecular weight excluding hydrogens is 326 g/mol. The van der Waals surface area contributed by atoms with Gasteiger partial charge in [0.25, 0.3) is 0 Å². The van der Waals surface area contributed by atoms with Crippen molar-refractivity contribution in [2.45, 2.75) is 26.9 Å². The average Bonchev–Trinajstić information content (AvgIpc) is 2.74. The Balaban J connectivity index is 1.88. The van der Waals surface area contributed by atoms with Crippen LogP contribution < -0.4 is 10.1 Å². The van der Waals surface area contributed by atoms with Crippen molar-refractivity contribution in [3.63, 3.8) is 0 Å². The first-order valence-corrected chi connectivity index (χ1v) is 9.82. The number of rotatable bonds is 5. The molecule has 1 aromatic heterocycles. The van der Waals surface area contributed by atoms with Crippen LogP contribution in [0.3, 0.4) is 0 Å². The molecule has 0 unspecified atom stereocenters. The number of para-hydroxylation sites is 1. The first-order chi connectivity index (χ1) is 11.5. The van der Waals surface area contributed by atoms with Crippen molar-refractivity contribution < 1.29 is 13.2 Å². The zero-order valence-corrected chi connectivity index (χ0v) is 14.7. The standard InChI is InChI=1S/C17H21N3O3S/c1-3-24(21,22)9-8-18-17-14-10-13-6-4-5-7-16(13)23-11-15(14)19-12(2)20-17/h4-7H,3,8-11H2,1-2H3,(H,18,19,20). The summed E-state index contributed by atoms with van der Waals surface area (Å²) in [7, 11) is -3.01. The number of hydrogen-bond acceptors (Lipinski definition) is 6. The molecule has 0 saturated heterocycles. The van der Waals surface area contributed by atoms with Crippen LogP contribution >= 0.6 is 0 Å². The highest BCUT2D eigenvalue weighted by atomic mass is 32.2. The molecule has 2 aromatic rings. The number of ether oxygens (including phenoxy) is 1. The number of benzene rings is 1. The summed E-state index contributed by atoms with van der Waals surface area (Å²) >= 11 is 0. The topological polar surface area (TPSA) is 81.2 Å². The van der Waals surface area contributed by atoms with E-state index in [4.69, 9.17) is 4.74 Å². The molecule has 1 N–H and O–H groups in total. The van der Waals surface area contributed by atoms with Crippen molar-refractivity contribution in [2.75, 3.05) is 23.4 Å². The first-order valence-electron chi connectivity index (χ1n) is 8.00. The molecule has 0 saturated carbocycles. The van der Waals surface area contributed by atoms with Crippen LogP contribution in [0, 0.1) is 6.92 Å². The molecule has 0 spiro atoms. The minimum Gasteiger partial charge on any atom is -0.487 e. The predicted octanol–water partition coefficient (Wildman–Crippen LogP) is 2.11. The average molecular weight is 347 g/mol. The van der Waals surface area contributed by atoms with Gasteiger partial charge < -0.3 is 10.1 Å². The Labute approximate surface area is 142 Å². The molecule has 1 aromatic carbocycles.